The molecule has 0 saturated heterocycles. The summed E-state index contributed by atoms with van der Waals surface area (Å²) in [4.78, 5) is 4.19. The average Bonchev–Trinajstić information content (AvgIpc) is 2.06. The van der Waals surface area contributed by atoms with E-state index in [-0.39, 0.29) is 6.04 Å². The molecule has 0 saturated carbocycles. The van der Waals surface area contributed by atoms with Crippen molar-refractivity contribution in [3.05, 3.63) is 30.1 Å². The van der Waals surface area contributed by atoms with Crippen LogP contribution in [0.25, 0.3) is 0 Å². The minimum atomic E-state index is 0.255. The van der Waals surface area contributed by atoms with Crippen molar-refractivity contribution >= 4 is 0 Å². The summed E-state index contributed by atoms with van der Waals surface area (Å²) in [7, 11) is 0. The zero-order chi connectivity index (χ0) is 8.10. The first-order chi connectivity index (χ1) is 5.33. The van der Waals surface area contributed by atoms with Crippen molar-refractivity contribution < 1.29 is 0 Å². The summed E-state index contributed by atoms with van der Waals surface area (Å²) in [5, 5.41) is 0. The van der Waals surface area contributed by atoms with Gasteiger partial charge in [0.1, 0.15) is 0 Å². The van der Waals surface area contributed by atoms with E-state index >= 15 is 0 Å². The minimum Gasteiger partial charge on any atom is -0.327 e. The average molecular weight is 150 g/mol. The molecular weight excluding hydrogens is 136 g/mol. The van der Waals surface area contributed by atoms with E-state index in [0.717, 1.165) is 18.5 Å². The molecular formula is C9H14N2. The van der Waals surface area contributed by atoms with Gasteiger partial charge in [0, 0.05) is 24.4 Å². The molecule has 2 heteroatoms. The second-order valence-corrected chi connectivity index (χ2v) is 2.69. The third-order valence-electron chi connectivity index (χ3n) is 1.72. The minimum absolute atomic E-state index is 0.255. The highest BCUT2D eigenvalue weighted by Crippen LogP contribution is 1.99. The molecule has 1 rings (SSSR count). The fourth-order valence-electron chi connectivity index (χ4n) is 0.932. The van der Waals surface area contributed by atoms with E-state index in [4.69, 9.17) is 5.73 Å². The van der Waals surface area contributed by atoms with Crippen LogP contribution in [0.2, 0.25) is 0 Å². The van der Waals surface area contributed by atoms with Crippen molar-refractivity contribution in [2.45, 2.75) is 25.8 Å². The molecule has 2 N–H and O–H groups in total. The van der Waals surface area contributed by atoms with E-state index in [2.05, 4.69) is 11.9 Å². The summed E-state index contributed by atoms with van der Waals surface area (Å²) in [5.74, 6) is 0. The molecule has 0 spiro atoms. The lowest BCUT2D eigenvalue weighted by Crippen LogP contribution is -2.21. The molecule has 0 aliphatic rings. The van der Waals surface area contributed by atoms with Gasteiger partial charge < -0.3 is 5.73 Å². The Hall–Kier alpha value is -0.890. The Kier molecular flexibility index (Phi) is 3.05. The van der Waals surface area contributed by atoms with E-state index < -0.39 is 0 Å². The summed E-state index contributed by atoms with van der Waals surface area (Å²) in [6.45, 7) is 2.09. The van der Waals surface area contributed by atoms with Crippen molar-refractivity contribution in [3.63, 3.8) is 0 Å². The van der Waals surface area contributed by atoms with Gasteiger partial charge in [-0.2, -0.15) is 0 Å². The molecule has 0 aliphatic carbocycles. The number of aromatic nitrogens is 1. The summed E-state index contributed by atoms with van der Waals surface area (Å²) >= 11 is 0. The van der Waals surface area contributed by atoms with E-state index in [1.165, 1.54) is 0 Å². The van der Waals surface area contributed by atoms with Crippen LogP contribution in [0, 0.1) is 0 Å². The van der Waals surface area contributed by atoms with E-state index in [1.807, 2.05) is 18.2 Å². The first-order valence-corrected chi connectivity index (χ1v) is 3.98. The molecule has 11 heavy (non-hydrogen) atoms. The number of nitrogens with zero attached hydrogens (tertiary/aromatic N) is 1. The Bertz CT molecular complexity index is 196. The Morgan fingerprint density at radius 3 is 2.91 bits per heavy atom. The van der Waals surface area contributed by atoms with Crippen LogP contribution in [0.1, 0.15) is 19.0 Å². The lowest BCUT2D eigenvalue weighted by atomic mass is 10.1. The summed E-state index contributed by atoms with van der Waals surface area (Å²) in [5.41, 5.74) is 6.85. The number of rotatable bonds is 3. The van der Waals surface area contributed by atoms with Gasteiger partial charge in [-0.15, -0.1) is 0 Å². The Labute approximate surface area is 67.5 Å². The highest BCUT2D eigenvalue weighted by Gasteiger charge is 2.00. The predicted molar refractivity (Wildman–Crippen MR) is 46.2 cm³/mol. The standard InChI is InChI=1S/C9H14N2/c1-2-8(10)7-9-5-3-4-6-11-9/h3-6,8H,2,7,10H2,1H3/t8-/m0/s1. The zero-order valence-corrected chi connectivity index (χ0v) is 6.83. The first-order valence-electron chi connectivity index (χ1n) is 3.98. The molecule has 1 atom stereocenters. The Morgan fingerprint density at radius 2 is 2.36 bits per heavy atom. The second-order valence-electron chi connectivity index (χ2n) is 2.69. The Balaban J connectivity index is 2.51. The molecule has 1 aromatic heterocycles. The van der Waals surface area contributed by atoms with Crippen molar-refractivity contribution in [3.8, 4) is 0 Å². The van der Waals surface area contributed by atoms with Gasteiger partial charge in [0.2, 0.25) is 0 Å². The van der Waals surface area contributed by atoms with Crippen LogP contribution in [0.3, 0.4) is 0 Å². The number of pyridine rings is 1. The number of nitrogens with two attached hydrogens (primary N) is 1. The Morgan fingerprint density at radius 1 is 1.55 bits per heavy atom. The van der Waals surface area contributed by atoms with Gasteiger partial charge in [0.05, 0.1) is 0 Å². The van der Waals surface area contributed by atoms with Crippen molar-refractivity contribution in [1.29, 1.82) is 0 Å². The van der Waals surface area contributed by atoms with Crippen LogP contribution in [-0.2, 0) is 6.42 Å². The molecule has 0 radical (unpaired) electrons. The lowest BCUT2D eigenvalue weighted by molar-refractivity contribution is 0.637. The quantitative estimate of drug-likeness (QED) is 0.706. The second kappa shape index (κ2) is 4.09. The number of hydrogen-bond acceptors (Lipinski definition) is 2. The van der Waals surface area contributed by atoms with Gasteiger partial charge in [0.15, 0.2) is 0 Å². The fraction of sp³-hybridized carbons (Fsp3) is 0.444. The molecule has 1 aromatic rings. The summed E-state index contributed by atoms with van der Waals surface area (Å²) in [6, 6.07) is 6.17. The van der Waals surface area contributed by atoms with Gasteiger partial charge in [-0.25, -0.2) is 0 Å². The topological polar surface area (TPSA) is 38.9 Å². The maximum Gasteiger partial charge on any atom is 0.0419 e. The van der Waals surface area contributed by atoms with E-state index in [9.17, 15) is 0 Å². The van der Waals surface area contributed by atoms with Crippen LogP contribution in [0.5, 0.6) is 0 Å². The summed E-state index contributed by atoms with van der Waals surface area (Å²) in [6.07, 6.45) is 3.70. The number of hydrogen-bond donors (Lipinski definition) is 1. The third-order valence-corrected chi connectivity index (χ3v) is 1.72. The highest BCUT2D eigenvalue weighted by atomic mass is 14.7. The van der Waals surface area contributed by atoms with Crippen molar-refractivity contribution in [2.75, 3.05) is 0 Å². The van der Waals surface area contributed by atoms with Crippen LogP contribution < -0.4 is 5.73 Å². The smallest absolute Gasteiger partial charge is 0.0419 e. The predicted octanol–water partition coefficient (Wildman–Crippen LogP) is 1.36. The van der Waals surface area contributed by atoms with E-state index in [0.29, 0.717) is 0 Å². The molecule has 0 amide bonds. The van der Waals surface area contributed by atoms with Gasteiger partial charge in [-0.1, -0.05) is 13.0 Å². The first kappa shape index (κ1) is 8.21. The normalized spacial score (nSPS) is 12.9. The zero-order valence-electron chi connectivity index (χ0n) is 6.83. The molecule has 0 aliphatic heterocycles. The fourth-order valence-corrected chi connectivity index (χ4v) is 0.932. The largest absolute Gasteiger partial charge is 0.327 e. The molecule has 2 nitrogen and oxygen atoms in total. The third kappa shape index (κ3) is 2.68. The molecule has 60 valence electrons. The molecule has 0 aromatic carbocycles. The highest BCUT2D eigenvalue weighted by molar-refractivity contribution is 5.04. The maximum absolute atomic E-state index is 5.76. The van der Waals surface area contributed by atoms with Gasteiger partial charge in [0.25, 0.3) is 0 Å². The van der Waals surface area contributed by atoms with Crippen LogP contribution in [0.15, 0.2) is 24.4 Å². The van der Waals surface area contributed by atoms with Gasteiger partial charge >= 0.3 is 0 Å². The summed E-state index contributed by atoms with van der Waals surface area (Å²) < 4.78 is 0. The molecule has 0 fully saturated rings. The molecule has 0 bridgehead atoms. The van der Waals surface area contributed by atoms with Crippen molar-refractivity contribution in [2.24, 2.45) is 5.73 Å². The van der Waals surface area contributed by atoms with Crippen LogP contribution in [0.4, 0.5) is 0 Å². The monoisotopic (exact) mass is 150 g/mol. The van der Waals surface area contributed by atoms with E-state index in [1.54, 1.807) is 6.20 Å². The van der Waals surface area contributed by atoms with Crippen LogP contribution >= 0.6 is 0 Å². The van der Waals surface area contributed by atoms with Gasteiger partial charge in [-0.05, 0) is 18.6 Å². The van der Waals surface area contributed by atoms with Crippen molar-refractivity contribution in [1.82, 2.24) is 4.98 Å². The molecule has 1 heterocycles. The molecule has 0 unspecified atom stereocenters. The maximum atomic E-state index is 5.76. The SMILES string of the molecule is CC[C@H](N)Cc1ccccn1. The van der Waals surface area contributed by atoms with Crippen LogP contribution in [-0.4, -0.2) is 11.0 Å². The van der Waals surface area contributed by atoms with Gasteiger partial charge in [-0.3, -0.25) is 4.98 Å². The lowest BCUT2D eigenvalue weighted by Gasteiger charge is -2.06.